The molecule has 1 amide bonds. The van der Waals surface area contributed by atoms with Crippen LogP contribution in [0.1, 0.15) is 24.5 Å². The fraction of sp³-hybridized carbons (Fsp3) is 0.269. The highest BCUT2D eigenvalue weighted by Gasteiger charge is 2.36. The zero-order valence-electron chi connectivity index (χ0n) is 19.3. The van der Waals surface area contributed by atoms with Crippen molar-refractivity contribution in [1.29, 1.82) is 0 Å². The molecule has 6 nitrogen and oxygen atoms in total. The van der Waals surface area contributed by atoms with Gasteiger partial charge in [0.1, 0.15) is 5.69 Å². The molecule has 0 bridgehead atoms. The molecule has 4 rings (SSSR count). The lowest BCUT2D eigenvalue weighted by atomic mass is 10.0. The van der Waals surface area contributed by atoms with Crippen LogP contribution in [-0.4, -0.2) is 33.3 Å². The summed E-state index contributed by atoms with van der Waals surface area (Å²) < 4.78 is 48.7. The van der Waals surface area contributed by atoms with Crippen molar-refractivity contribution in [3.8, 4) is 17.1 Å². The van der Waals surface area contributed by atoms with Crippen LogP contribution in [0.15, 0.2) is 66.7 Å². The summed E-state index contributed by atoms with van der Waals surface area (Å²) in [6, 6.07) is 19.2. The number of amides is 1. The maximum atomic E-state index is 14.0. The van der Waals surface area contributed by atoms with Crippen LogP contribution >= 0.6 is 0 Å². The number of ether oxygens (including phenoxy) is 1. The monoisotopic (exact) mass is 482 g/mol. The number of fused-ring (bicyclic) bond motifs is 1. The molecular weight excluding hydrogens is 457 g/mol. The largest absolute Gasteiger partial charge is 0.467 e. The van der Waals surface area contributed by atoms with Gasteiger partial charge < -0.3 is 10.1 Å². The van der Waals surface area contributed by atoms with Gasteiger partial charge in [-0.05, 0) is 25.3 Å². The average Bonchev–Trinajstić information content (AvgIpc) is 3.18. The van der Waals surface area contributed by atoms with E-state index in [-0.39, 0.29) is 28.6 Å². The van der Waals surface area contributed by atoms with Crippen molar-refractivity contribution in [2.45, 2.75) is 32.0 Å². The molecule has 0 radical (unpaired) electrons. The van der Waals surface area contributed by atoms with Gasteiger partial charge in [-0.25, -0.2) is 4.68 Å². The van der Waals surface area contributed by atoms with Crippen molar-refractivity contribution in [3.63, 3.8) is 0 Å². The molecule has 1 unspecified atom stereocenters. The van der Waals surface area contributed by atoms with Crippen molar-refractivity contribution in [3.05, 3.63) is 77.9 Å². The summed E-state index contributed by atoms with van der Waals surface area (Å²) in [5.74, 6) is -0.726. The van der Waals surface area contributed by atoms with E-state index in [9.17, 15) is 18.0 Å². The van der Waals surface area contributed by atoms with E-state index in [1.807, 2.05) is 37.3 Å². The van der Waals surface area contributed by atoms with Crippen LogP contribution in [0.5, 0.6) is 5.88 Å². The maximum absolute atomic E-state index is 14.0. The molecule has 9 heteroatoms. The summed E-state index contributed by atoms with van der Waals surface area (Å²) in [5.41, 5.74) is 0.988. The van der Waals surface area contributed by atoms with Gasteiger partial charge in [-0.15, -0.1) is 0 Å². The van der Waals surface area contributed by atoms with Crippen molar-refractivity contribution >= 4 is 16.9 Å². The Hall–Kier alpha value is -3.88. The van der Waals surface area contributed by atoms with Crippen molar-refractivity contribution < 1.29 is 22.7 Å². The number of carbonyl (C=O) groups excluding carboxylic acids is 1. The highest BCUT2D eigenvalue weighted by atomic mass is 19.4. The minimum Gasteiger partial charge on any atom is -0.467 e. The lowest BCUT2D eigenvalue weighted by molar-refractivity contribution is -0.136. The topological polar surface area (TPSA) is 69.0 Å². The number of aromatic nitrogens is 3. The number of nitrogens with zero attached hydrogens (tertiary/aromatic N) is 3. The Morgan fingerprint density at radius 3 is 2.40 bits per heavy atom. The predicted octanol–water partition coefficient (Wildman–Crippen LogP) is 5.17. The fourth-order valence-corrected chi connectivity index (χ4v) is 3.88. The number of nitrogens with one attached hydrogen (secondary N) is 1. The van der Waals surface area contributed by atoms with Crippen LogP contribution in [0, 0.1) is 0 Å². The lowest BCUT2D eigenvalue weighted by Crippen LogP contribution is -2.36. The maximum Gasteiger partial charge on any atom is 0.417 e. The number of pyridine rings is 1. The predicted molar refractivity (Wildman–Crippen MR) is 127 cm³/mol. The Balaban J connectivity index is 1.50. The molecule has 35 heavy (non-hydrogen) atoms. The van der Waals surface area contributed by atoms with Gasteiger partial charge in [-0.2, -0.15) is 23.3 Å². The van der Waals surface area contributed by atoms with Crippen LogP contribution in [0.25, 0.3) is 22.3 Å². The highest BCUT2D eigenvalue weighted by Crippen LogP contribution is 2.40. The van der Waals surface area contributed by atoms with Crippen LogP contribution in [0.3, 0.4) is 0 Å². The summed E-state index contributed by atoms with van der Waals surface area (Å²) in [6.07, 6.45) is -3.16. The number of hydrogen-bond acceptors (Lipinski definition) is 4. The fourth-order valence-electron chi connectivity index (χ4n) is 3.88. The number of alkyl halides is 3. The third-order valence-electron chi connectivity index (χ3n) is 5.59. The van der Waals surface area contributed by atoms with E-state index in [0.29, 0.717) is 5.56 Å². The molecule has 0 aliphatic rings. The number of benzene rings is 2. The van der Waals surface area contributed by atoms with E-state index in [0.717, 1.165) is 24.5 Å². The molecule has 0 aliphatic carbocycles. The summed E-state index contributed by atoms with van der Waals surface area (Å²) >= 11 is 0. The van der Waals surface area contributed by atoms with Gasteiger partial charge in [-0.3, -0.25) is 4.79 Å². The first kappa shape index (κ1) is 24.3. The van der Waals surface area contributed by atoms with Gasteiger partial charge in [0.15, 0.2) is 12.3 Å². The standard InChI is InChI=1S/C26H25F3N4O2/c1-17(13-14-18-9-5-3-6-10-18)30-21(34)16-35-22-15-20(26(27,28)29)23-24(19-11-7-4-8-12-19)32-33(2)25(23)31-22/h3-12,15,17H,13-14,16H2,1-2H3,(H,30,34). The van der Waals surface area contributed by atoms with Crippen LogP contribution in [-0.2, 0) is 24.4 Å². The number of carbonyl (C=O) groups is 1. The van der Waals surface area contributed by atoms with E-state index in [1.165, 1.54) is 11.7 Å². The first-order valence-corrected chi connectivity index (χ1v) is 11.2. The number of hydrogen-bond donors (Lipinski definition) is 1. The third kappa shape index (κ3) is 5.79. The number of halogens is 3. The minimum atomic E-state index is -4.67. The van der Waals surface area contributed by atoms with Crippen molar-refractivity contribution in [1.82, 2.24) is 20.1 Å². The lowest BCUT2D eigenvalue weighted by Gasteiger charge is -2.15. The Kier molecular flexibility index (Phi) is 7.04. The molecule has 2 aromatic carbocycles. The Bertz CT molecular complexity index is 1310. The van der Waals surface area contributed by atoms with Crippen LogP contribution in [0.4, 0.5) is 13.2 Å². The highest BCUT2D eigenvalue weighted by molar-refractivity contribution is 5.94. The first-order valence-electron chi connectivity index (χ1n) is 11.2. The van der Waals surface area contributed by atoms with Crippen molar-refractivity contribution in [2.75, 3.05) is 6.61 Å². The van der Waals surface area contributed by atoms with Crippen molar-refractivity contribution in [2.24, 2.45) is 7.05 Å². The SMILES string of the molecule is CC(CCc1ccccc1)NC(=O)COc1cc(C(F)(F)F)c2c(-c3ccccc3)nn(C)c2n1. The molecule has 2 aromatic heterocycles. The molecule has 0 saturated carbocycles. The molecule has 182 valence electrons. The summed E-state index contributed by atoms with van der Waals surface area (Å²) in [6.45, 7) is 1.42. The van der Waals surface area contributed by atoms with E-state index in [1.54, 1.807) is 30.3 Å². The molecule has 1 N–H and O–H groups in total. The van der Waals surface area contributed by atoms with E-state index in [4.69, 9.17) is 4.74 Å². The normalized spacial score (nSPS) is 12.5. The van der Waals surface area contributed by atoms with Crippen LogP contribution in [0.2, 0.25) is 0 Å². The molecule has 0 spiro atoms. The second-order valence-corrected chi connectivity index (χ2v) is 8.32. The van der Waals surface area contributed by atoms with Gasteiger partial charge in [0.05, 0.1) is 10.9 Å². The minimum absolute atomic E-state index is 0.0188. The molecular formula is C26H25F3N4O2. The smallest absolute Gasteiger partial charge is 0.417 e. The first-order chi connectivity index (χ1) is 16.7. The number of aryl methyl sites for hydroxylation is 2. The Morgan fingerprint density at radius 2 is 1.74 bits per heavy atom. The average molecular weight is 483 g/mol. The molecule has 4 aromatic rings. The molecule has 0 fully saturated rings. The summed E-state index contributed by atoms with van der Waals surface area (Å²) in [5, 5.41) is 6.97. The molecule has 0 saturated heterocycles. The van der Waals surface area contributed by atoms with Crippen LogP contribution < -0.4 is 10.1 Å². The Labute approximate surface area is 200 Å². The summed E-state index contributed by atoms with van der Waals surface area (Å²) in [4.78, 5) is 16.6. The summed E-state index contributed by atoms with van der Waals surface area (Å²) in [7, 11) is 1.52. The molecule has 2 heterocycles. The van der Waals surface area contributed by atoms with Gasteiger partial charge in [0, 0.05) is 24.7 Å². The van der Waals surface area contributed by atoms with E-state index < -0.39 is 24.3 Å². The molecule has 0 aliphatic heterocycles. The Morgan fingerprint density at radius 1 is 1.09 bits per heavy atom. The quantitative estimate of drug-likeness (QED) is 0.376. The van der Waals surface area contributed by atoms with E-state index >= 15 is 0 Å². The van der Waals surface area contributed by atoms with E-state index in [2.05, 4.69) is 15.4 Å². The number of rotatable bonds is 8. The second-order valence-electron chi connectivity index (χ2n) is 8.32. The van der Waals surface area contributed by atoms with Gasteiger partial charge in [-0.1, -0.05) is 60.7 Å². The van der Waals surface area contributed by atoms with Gasteiger partial charge in [0.2, 0.25) is 5.88 Å². The van der Waals surface area contributed by atoms with Gasteiger partial charge >= 0.3 is 6.18 Å². The second kappa shape index (κ2) is 10.2. The zero-order valence-corrected chi connectivity index (χ0v) is 19.3. The molecule has 1 atom stereocenters. The van der Waals surface area contributed by atoms with Gasteiger partial charge in [0.25, 0.3) is 5.91 Å². The third-order valence-corrected chi connectivity index (χ3v) is 5.59. The zero-order chi connectivity index (χ0) is 25.0.